The summed E-state index contributed by atoms with van der Waals surface area (Å²) in [7, 11) is 0. The van der Waals surface area contributed by atoms with Gasteiger partial charge < -0.3 is 15.4 Å². The topological polar surface area (TPSA) is 38.5 Å². The van der Waals surface area contributed by atoms with E-state index in [9.17, 15) is 0 Å². The third kappa shape index (κ3) is 1.55. The second kappa shape index (κ2) is 3.67. The molecular weight excluding hydrogens is 200 g/mol. The van der Waals surface area contributed by atoms with E-state index in [1.54, 1.807) is 0 Å². The van der Waals surface area contributed by atoms with Gasteiger partial charge in [-0.05, 0) is 25.5 Å². The first-order chi connectivity index (χ1) is 7.74. The molecule has 3 rings (SSSR count). The standard InChI is InChI=1S/C13H18N2O/c1-9-7-11-12(3-2-4-13(11)16-9)15-6-5-10(14)8-15/h2-4,9-10H,5-8,14H2,1H3. The number of fused-ring (bicyclic) bond motifs is 1. The molecular formula is C13H18N2O. The Hall–Kier alpha value is -1.22. The van der Waals surface area contributed by atoms with Gasteiger partial charge in [-0.3, -0.25) is 0 Å². The fourth-order valence-corrected chi connectivity index (χ4v) is 2.72. The highest BCUT2D eigenvalue weighted by Crippen LogP contribution is 2.37. The Morgan fingerprint density at radius 2 is 2.31 bits per heavy atom. The maximum absolute atomic E-state index is 5.96. The second-order valence-electron chi connectivity index (χ2n) is 4.88. The number of nitrogens with two attached hydrogens (primary N) is 1. The fraction of sp³-hybridized carbons (Fsp3) is 0.538. The van der Waals surface area contributed by atoms with Gasteiger partial charge in [0.25, 0.3) is 0 Å². The summed E-state index contributed by atoms with van der Waals surface area (Å²) in [6, 6.07) is 6.67. The van der Waals surface area contributed by atoms with E-state index in [2.05, 4.69) is 30.0 Å². The smallest absolute Gasteiger partial charge is 0.125 e. The van der Waals surface area contributed by atoms with Gasteiger partial charge in [0.05, 0.1) is 0 Å². The van der Waals surface area contributed by atoms with Crippen LogP contribution in [0.5, 0.6) is 5.75 Å². The Morgan fingerprint density at radius 3 is 3.06 bits per heavy atom. The Labute approximate surface area is 96.2 Å². The third-order valence-electron chi connectivity index (χ3n) is 3.49. The quantitative estimate of drug-likeness (QED) is 0.777. The Bertz CT molecular complexity index is 405. The first-order valence-electron chi connectivity index (χ1n) is 6.03. The lowest BCUT2D eigenvalue weighted by molar-refractivity contribution is 0.254. The molecule has 0 spiro atoms. The van der Waals surface area contributed by atoms with E-state index in [4.69, 9.17) is 10.5 Å². The molecule has 3 nitrogen and oxygen atoms in total. The SMILES string of the molecule is CC1Cc2c(cccc2N2CCC(N)C2)O1. The van der Waals surface area contributed by atoms with Crippen molar-refractivity contribution in [2.75, 3.05) is 18.0 Å². The number of ether oxygens (including phenoxy) is 1. The van der Waals surface area contributed by atoms with Gasteiger partial charge in [-0.15, -0.1) is 0 Å². The van der Waals surface area contributed by atoms with Gasteiger partial charge in [0.1, 0.15) is 11.9 Å². The summed E-state index contributed by atoms with van der Waals surface area (Å²) < 4.78 is 5.78. The monoisotopic (exact) mass is 218 g/mol. The number of hydrogen-bond donors (Lipinski definition) is 1. The molecule has 2 N–H and O–H groups in total. The molecule has 0 radical (unpaired) electrons. The van der Waals surface area contributed by atoms with Crippen molar-refractivity contribution in [2.24, 2.45) is 5.73 Å². The molecule has 0 saturated carbocycles. The van der Waals surface area contributed by atoms with E-state index in [-0.39, 0.29) is 0 Å². The molecule has 86 valence electrons. The van der Waals surface area contributed by atoms with Gasteiger partial charge >= 0.3 is 0 Å². The minimum Gasteiger partial charge on any atom is -0.490 e. The molecule has 0 aliphatic carbocycles. The number of anilines is 1. The minimum absolute atomic E-state index is 0.312. The number of benzene rings is 1. The van der Waals surface area contributed by atoms with Crippen LogP contribution in [0.2, 0.25) is 0 Å². The van der Waals surface area contributed by atoms with Crippen molar-refractivity contribution in [2.45, 2.75) is 31.9 Å². The molecule has 2 aliphatic heterocycles. The zero-order valence-electron chi connectivity index (χ0n) is 9.65. The van der Waals surface area contributed by atoms with Crippen LogP contribution in [0.3, 0.4) is 0 Å². The van der Waals surface area contributed by atoms with Crippen LogP contribution in [-0.4, -0.2) is 25.2 Å². The summed E-state index contributed by atoms with van der Waals surface area (Å²) in [5.41, 5.74) is 8.66. The summed E-state index contributed by atoms with van der Waals surface area (Å²) in [5.74, 6) is 1.06. The molecule has 16 heavy (non-hydrogen) atoms. The molecule has 2 heterocycles. The molecule has 2 unspecified atom stereocenters. The Morgan fingerprint density at radius 1 is 1.44 bits per heavy atom. The predicted molar refractivity (Wildman–Crippen MR) is 65.0 cm³/mol. The lowest BCUT2D eigenvalue weighted by atomic mass is 10.1. The van der Waals surface area contributed by atoms with Crippen LogP contribution in [0.4, 0.5) is 5.69 Å². The maximum Gasteiger partial charge on any atom is 0.125 e. The molecule has 2 atom stereocenters. The van der Waals surface area contributed by atoms with E-state index < -0.39 is 0 Å². The van der Waals surface area contributed by atoms with Gasteiger partial charge in [0.2, 0.25) is 0 Å². The van der Waals surface area contributed by atoms with Crippen LogP contribution >= 0.6 is 0 Å². The molecule has 1 aromatic carbocycles. The van der Waals surface area contributed by atoms with Gasteiger partial charge in [0, 0.05) is 36.8 Å². The molecule has 0 amide bonds. The summed E-state index contributed by atoms with van der Waals surface area (Å²) >= 11 is 0. The van der Waals surface area contributed by atoms with Crippen molar-refractivity contribution in [1.29, 1.82) is 0 Å². The van der Waals surface area contributed by atoms with Crippen molar-refractivity contribution in [3.63, 3.8) is 0 Å². The highest BCUT2D eigenvalue weighted by atomic mass is 16.5. The van der Waals surface area contributed by atoms with Gasteiger partial charge in [-0.2, -0.15) is 0 Å². The molecule has 1 saturated heterocycles. The average molecular weight is 218 g/mol. The number of nitrogens with zero attached hydrogens (tertiary/aromatic N) is 1. The van der Waals surface area contributed by atoms with Crippen LogP contribution < -0.4 is 15.4 Å². The largest absolute Gasteiger partial charge is 0.490 e. The van der Waals surface area contributed by atoms with Crippen molar-refractivity contribution in [1.82, 2.24) is 0 Å². The van der Waals surface area contributed by atoms with Crippen LogP contribution in [-0.2, 0) is 6.42 Å². The van der Waals surface area contributed by atoms with Crippen LogP contribution in [0.1, 0.15) is 18.9 Å². The number of hydrogen-bond acceptors (Lipinski definition) is 3. The van der Waals surface area contributed by atoms with E-state index in [0.29, 0.717) is 12.1 Å². The van der Waals surface area contributed by atoms with E-state index in [0.717, 1.165) is 31.7 Å². The fourth-order valence-electron chi connectivity index (χ4n) is 2.72. The molecule has 3 heteroatoms. The zero-order valence-corrected chi connectivity index (χ0v) is 9.65. The van der Waals surface area contributed by atoms with Gasteiger partial charge in [0.15, 0.2) is 0 Å². The lowest BCUT2D eigenvalue weighted by Crippen LogP contribution is -2.26. The van der Waals surface area contributed by atoms with Gasteiger partial charge in [-0.1, -0.05) is 6.07 Å². The van der Waals surface area contributed by atoms with Crippen molar-refractivity contribution >= 4 is 5.69 Å². The molecule has 2 aliphatic rings. The Balaban J connectivity index is 1.94. The van der Waals surface area contributed by atoms with Crippen LogP contribution in [0, 0.1) is 0 Å². The number of rotatable bonds is 1. The molecule has 0 aromatic heterocycles. The summed E-state index contributed by atoms with van der Waals surface area (Å²) in [5, 5.41) is 0. The van der Waals surface area contributed by atoms with Gasteiger partial charge in [-0.25, -0.2) is 0 Å². The van der Waals surface area contributed by atoms with Crippen molar-refractivity contribution in [3.8, 4) is 5.75 Å². The van der Waals surface area contributed by atoms with Crippen molar-refractivity contribution < 1.29 is 4.74 Å². The van der Waals surface area contributed by atoms with Crippen LogP contribution in [0.15, 0.2) is 18.2 Å². The molecule has 1 aromatic rings. The normalized spacial score (nSPS) is 28.0. The lowest BCUT2D eigenvalue weighted by Gasteiger charge is -2.20. The van der Waals surface area contributed by atoms with Crippen LogP contribution in [0.25, 0.3) is 0 Å². The second-order valence-corrected chi connectivity index (χ2v) is 4.88. The van der Waals surface area contributed by atoms with E-state index >= 15 is 0 Å². The highest BCUT2D eigenvalue weighted by Gasteiger charge is 2.27. The van der Waals surface area contributed by atoms with E-state index in [1.807, 2.05) is 0 Å². The van der Waals surface area contributed by atoms with Crippen molar-refractivity contribution in [3.05, 3.63) is 23.8 Å². The summed E-state index contributed by atoms with van der Waals surface area (Å²) in [6.07, 6.45) is 2.43. The summed E-state index contributed by atoms with van der Waals surface area (Å²) in [4.78, 5) is 2.39. The summed E-state index contributed by atoms with van der Waals surface area (Å²) in [6.45, 7) is 4.18. The first kappa shape index (κ1) is 9.97. The first-order valence-corrected chi connectivity index (χ1v) is 6.03. The Kier molecular flexibility index (Phi) is 2.28. The predicted octanol–water partition coefficient (Wildman–Crippen LogP) is 1.55. The third-order valence-corrected chi connectivity index (χ3v) is 3.49. The highest BCUT2D eigenvalue weighted by molar-refractivity contribution is 5.61. The average Bonchev–Trinajstić information content (AvgIpc) is 2.82. The molecule has 0 bridgehead atoms. The molecule has 1 fully saturated rings. The zero-order chi connectivity index (χ0) is 11.1. The minimum atomic E-state index is 0.312. The maximum atomic E-state index is 5.96. The van der Waals surface area contributed by atoms with E-state index in [1.165, 1.54) is 11.3 Å².